The molecule has 1 fully saturated rings. The molecule has 2 rings (SSSR count). The number of hydrogen-bond acceptors (Lipinski definition) is 4. The highest BCUT2D eigenvalue weighted by Crippen LogP contribution is 2.21. The molecule has 1 aromatic rings. The van der Waals surface area contributed by atoms with Crippen molar-refractivity contribution in [2.24, 2.45) is 5.92 Å². The molecular weight excluding hydrogens is 180 g/mol. The summed E-state index contributed by atoms with van der Waals surface area (Å²) in [7, 11) is 0. The largest absolute Gasteiger partial charge is 0.432 e. The summed E-state index contributed by atoms with van der Waals surface area (Å²) in [5, 5.41) is 8.86. The van der Waals surface area contributed by atoms with Crippen LogP contribution in [0.15, 0.2) is 10.7 Å². The van der Waals surface area contributed by atoms with Crippen molar-refractivity contribution < 1.29 is 9.52 Å². The third kappa shape index (κ3) is 1.90. The summed E-state index contributed by atoms with van der Waals surface area (Å²) in [6, 6.07) is 0.653. The Hall–Kier alpha value is -1.03. The molecule has 4 nitrogen and oxygen atoms in total. The summed E-state index contributed by atoms with van der Waals surface area (Å²) in [6.45, 7) is 4.20. The molecule has 1 aliphatic heterocycles. The second kappa shape index (κ2) is 4.00. The van der Waals surface area contributed by atoms with Gasteiger partial charge in [0.15, 0.2) is 0 Å². The highest BCUT2D eigenvalue weighted by molar-refractivity contribution is 5.27. The first-order valence-corrected chi connectivity index (χ1v) is 5.10. The van der Waals surface area contributed by atoms with Crippen molar-refractivity contribution in [3.63, 3.8) is 0 Å². The van der Waals surface area contributed by atoms with Crippen LogP contribution in [0.25, 0.3) is 0 Å². The van der Waals surface area contributed by atoms with Crippen LogP contribution in [0.2, 0.25) is 0 Å². The lowest BCUT2D eigenvalue weighted by Gasteiger charge is -2.29. The topological polar surface area (TPSA) is 49.5 Å². The smallest absolute Gasteiger partial charge is 0.297 e. The molecule has 1 saturated heterocycles. The molecular formula is C10H16N2O2. The number of anilines is 1. The van der Waals surface area contributed by atoms with Gasteiger partial charge in [-0.1, -0.05) is 6.92 Å². The van der Waals surface area contributed by atoms with Gasteiger partial charge in [-0.15, -0.1) is 0 Å². The molecule has 0 spiro atoms. The summed E-state index contributed by atoms with van der Waals surface area (Å²) in [6.07, 6.45) is 4.00. The third-order valence-corrected chi connectivity index (χ3v) is 2.63. The number of aliphatic hydroxyl groups excluding tert-OH is 1. The normalized spacial score (nSPS) is 22.7. The summed E-state index contributed by atoms with van der Waals surface area (Å²) in [5.41, 5.74) is 0.609. The zero-order chi connectivity index (χ0) is 9.97. The maximum absolute atomic E-state index is 8.86. The number of nitrogens with zero attached hydrogens (tertiary/aromatic N) is 2. The Balaban J connectivity index is 2.06. The maximum Gasteiger partial charge on any atom is 0.297 e. The quantitative estimate of drug-likeness (QED) is 0.776. The van der Waals surface area contributed by atoms with Gasteiger partial charge in [0.2, 0.25) is 0 Å². The van der Waals surface area contributed by atoms with Gasteiger partial charge in [0.25, 0.3) is 6.01 Å². The van der Waals surface area contributed by atoms with E-state index in [1.807, 2.05) is 0 Å². The van der Waals surface area contributed by atoms with Crippen LogP contribution in [0, 0.1) is 5.92 Å². The number of aliphatic hydroxyl groups is 1. The van der Waals surface area contributed by atoms with Crippen LogP contribution in [0.4, 0.5) is 6.01 Å². The van der Waals surface area contributed by atoms with Crippen LogP contribution >= 0.6 is 0 Å². The zero-order valence-electron chi connectivity index (χ0n) is 8.44. The van der Waals surface area contributed by atoms with Crippen LogP contribution in [-0.4, -0.2) is 23.2 Å². The van der Waals surface area contributed by atoms with Gasteiger partial charge in [0, 0.05) is 13.1 Å². The molecule has 0 radical (unpaired) electrons. The van der Waals surface area contributed by atoms with Crippen LogP contribution in [0.1, 0.15) is 25.5 Å². The highest BCUT2D eigenvalue weighted by atomic mass is 16.4. The van der Waals surface area contributed by atoms with E-state index >= 15 is 0 Å². The molecule has 14 heavy (non-hydrogen) atoms. The first-order valence-electron chi connectivity index (χ1n) is 5.10. The lowest BCUT2D eigenvalue weighted by Crippen LogP contribution is -2.34. The van der Waals surface area contributed by atoms with Crippen LogP contribution < -0.4 is 4.90 Å². The van der Waals surface area contributed by atoms with Gasteiger partial charge < -0.3 is 14.4 Å². The minimum atomic E-state index is -0.0487. The van der Waals surface area contributed by atoms with Crippen molar-refractivity contribution in [2.45, 2.75) is 26.4 Å². The molecule has 4 heteroatoms. The fourth-order valence-electron chi connectivity index (χ4n) is 1.88. The van der Waals surface area contributed by atoms with E-state index in [1.54, 1.807) is 0 Å². The minimum Gasteiger partial charge on any atom is -0.432 e. The first kappa shape index (κ1) is 9.52. The maximum atomic E-state index is 8.86. The fraction of sp³-hybridized carbons (Fsp3) is 0.700. The van der Waals surface area contributed by atoms with Gasteiger partial charge in [-0.3, -0.25) is 0 Å². The van der Waals surface area contributed by atoms with E-state index in [1.165, 1.54) is 19.1 Å². The average Bonchev–Trinajstić information content (AvgIpc) is 2.66. The van der Waals surface area contributed by atoms with E-state index in [2.05, 4.69) is 16.8 Å². The highest BCUT2D eigenvalue weighted by Gasteiger charge is 2.19. The van der Waals surface area contributed by atoms with E-state index < -0.39 is 0 Å². The standard InChI is InChI=1S/C10H16N2O2/c1-8-3-2-4-12(5-8)10-11-9(6-13)7-14-10/h7-8,13H,2-6H2,1H3. The van der Waals surface area contributed by atoms with Crippen LogP contribution in [-0.2, 0) is 6.61 Å². The van der Waals surface area contributed by atoms with E-state index in [0.29, 0.717) is 17.6 Å². The molecule has 78 valence electrons. The monoisotopic (exact) mass is 196 g/mol. The molecule has 1 atom stereocenters. The molecule has 0 amide bonds. The van der Waals surface area contributed by atoms with Gasteiger partial charge in [-0.05, 0) is 18.8 Å². The lowest BCUT2D eigenvalue weighted by molar-refractivity contribution is 0.276. The second-order valence-electron chi connectivity index (χ2n) is 3.97. The van der Waals surface area contributed by atoms with Crippen LogP contribution in [0.3, 0.4) is 0 Å². The van der Waals surface area contributed by atoms with Gasteiger partial charge in [-0.25, -0.2) is 0 Å². The van der Waals surface area contributed by atoms with E-state index in [0.717, 1.165) is 13.1 Å². The average molecular weight is 196 g/mol. The Morgan fingerprint density at radius 2 is 2.57 bits per heavy atom. The molecule has 1 unspecified atom stereocenters. The third-order valence-electron chi connectivity index (χ3n) is 2.63. The molecule has 1 aliphatic rings. The molecule has 1 aromatic heterocycles. The summed E-state index contributed by atoms with van der Waals surface area (Å²) >= 11 is 0. The molecule has 1 N–H and O–H groups in total. The van der Waals surface area contributed by atoms with Crippen molar-refractivity contribution >= 4 is 6.01 Å². The van der Waals surface area contributed by atoms with Gasteiger partial charge in [0.1, 0.15) is 12.0 Å². The van der Waals surface area contributed by atoms with E-state index in [9.17, 15) is 0 Å². The SMILES string of the molecule is CC1CCCN(c2nc(CO)co2)C1. The lowest BCUT2D eigenvalue weighted by atomic mass is 10.0. The zero-order valence-corrected chi connectivity index (χ0v) is 8.44. The Labute approximate surface area is 83.5 Å². The number of hydrogen-bond donors (Lipinski definition) is 1. The predicted molar refractivity (Wildman–Crippen MR) is 53.0 cm³/mol. The van der Waals surface area contributed by atoms with Gasteiger partial charge >= 0.3 is 0 Å². The van der Waals surface area contributed by atoms with Crippen molar-refractivity contribution in [1.29, 1.82) is 0 Å². The molecule has 0 aliphatic carbocycles. The Morgan fingerprint density at radius 1 is 1.71 bits per heavy atom. The number of piperidine rings is 1. The first-order chi connectivity index (χ1) is 6.79. The van der Waals surface area contributed by atoms with E-state index in [-0.39, 0.29) is 6.61 Å². The van der Waals surface area contributed by atoms with Crippen molar-refractivity contribution in [3.8, 4) is 0 Å². The fourth-order valence-corrected chi connectivity index (χ4v) is 1.88. The molecule has 0 saturated carbocycles. The molecule has 0 bridgehead atoms. The van der Waals surface area contributed by atoms with E-state index in [4.69, 9.17) is 9.52 Å². The molecule has 0 aromatic carbocycles. The van der Waals surface area contributed by atoms with Gasteiger partial charge in [-0.2, -0.15) is 4.98 Å². The summed E-state index contributed by atoms with van der Waals surface area (Å²) < 4.78 is 5.30. The molecule has 2 heterocycles. The summed E-state index contributed by atoms with van der Waals surface area (Å²) in [4.78, 5) is 6.34. The predicted octanol–water partition coefficient (Wildman–Crippen LogP) is 1.40. The van der Waals surface area contributed by atoms with Gasteiger partial charge in [0.05, 0.1) is 6.61 Å². The number of aromatic nitrogens is 1. The minimum absolute atomic E-state index is 0.0487. The Kier molecular flexibility index (Phi) is 2.72. The van der Waals surface area contributed by atoms with Crippen molar-refractivity contribution in [2.75, 3.05) is 18.0 Å². The van der Waals surface area contributed by atoms with Crippen molar-refractivity contribution in [3.05, 3.63) is 12.0 Å². The van der Waals surface area contributed by atoms with Crippen molar-refractivity contribution in [1.82, 2.24) is 4.98 Å². The Morgan fingerprint density at radius 3 is 3.21 bits per heavy atom. The number of oxazole rings is 1. The summed E-state index contributed by atoms with van der Waals surface area (Å²) in [5.74, 6) is 0.702. The second-order valence-corrected chi connectivity index (χ2v) is 3.97. The Bertz CT molecular complexity index is 298. The number of rotatable bonds is 2. The van der Waals surface area contributed by atoms with Crippen LogP contribution in [0.5, 0.6) is 0 Å².